The Bertz CT molecular complexity index is 24.3. The molecule has 1 N–H and O–H groups in total. The summed E-state index contributed by atoms with van der Waals surface area (Å²) in [6, 6.07) is 0. The lowest BCUT2D eigenvalue weighted by molar-refractivity contribution is 1.45. The third-order valence-corrected chi connectivity index (χ3v) is 0. The summed E-state index contributed by atoms with van der Waals surface area (Å²) in [5, 5.41) is 0. The van der Waals surface area contributed by atoms with Crippen LogP contribution in [0.3, 0.4) is 0 Å². The summed E-state index contributed by atoms with van der Waals surface area (Å²) < 4.78 is 0. The molecule has 0 atom stereocenters. The summed E-state index contributed by atoms with van der Waals surface area (Å²) in [7, 11) is 0. The Morgan fingerprint density at radius 1 is 1.75 bits per heavy atom. The first-order chi connectivity index (χ1) is 1.41. The fraction of sp³-hybridized carbons (Fsp3) is 0. The molecule has 0 rings (SSSR count). The van der Waals surface area contributed by atoms with E-state index in [9.17, 15) is 0 Å². The standard InChI is InChI=1S/ClH.HN3/c;1-3-2/h1H;1H. The lowest BCUT2D eigenvalue weighted by atomic mass is 13.0. The van der Waals surface area contributed by atoms with Crippen LogP contribution in [0.25, 0.3) is 10.4 Å². The first kappa shape index (κ1) is 9.51. The van der Waals surface area contributed by atoms with Crippen molar-refractivity contribution in [1.82, 2.24) is 0 Å². The number of rotatable bonds is 0. The van der Waals surface area contributed by atoms with Crippen LogP contribution in [-0.4, -0.2) is 0 Å². The number of nitrogens with zero attached hydrogens (tertiary/aromatic N) is 2. The maximum atomic E-state index is 6.86. The molecule has 0 aliphatic carbocycles. The second-order valence-electron chi connectivity index (χ2n) is 0.100. The van der Waals surface area contributed by atoms with Gasteiger partial charge in [-0.05, 0) is 10.4 Å². The molecule has 0 radical (unpaired) electrons. The van der Waals surface area contributed by atoms with Crippen molar-refractivity contribution >= 4 is 12.4 Å². The normalized spacial score (nSPS) is 2.00. The highest BCUT2D eigenvalue weighted by Gasteiger charge is 0.973. The number of hydrogen-bond donors (Lipinski definition) is 1. The highest BCUT2D eigenvalue weighted by atomic mass is 35.5. The molecule has 0 heterocycles. The zero-order valence-electron chi connectivity index (χ0n) is 1.80. The third-order valence-electron chi connectivity index (χ3n) is 0. The van der Waals surface area contributed by atoms with Gasteiger partial charge in [0.1, 0.15) is 0 Å². The molecule has 0 saturated carbocycles. The van der Waals surface area contributed by atoms with Crippen LogP contribution in [-0.2, 0) is 0 Å². The van der Waals surface area contributed by atoms with Crippen molar-refractivity contribution in [3.8, 4) is 0 Å². The maximum absolute atomic E-state index is 6.86. The molecule has 0 fully saturated rings. The van der Waals surface area contributed by atoms with Crippen LogP contribution in [0.2, 0.25) is 0 Å². The molecule has 0 aromatic carbocycles. The summed E-state index contributed by atoms with van der Waals surface area (Å²) in [4.78, 5) is 1.75. The fourth-order valence-corrected chi connectivity index (χ4v) is 0. The Morgan fingerprint density at radius 3 is 1.75 bits per heavy atom. The van der Waals surface area contributed by atoms with Crippen molar-refractivity contribution in [1.29, 1.82) is 5.53 Å². The fourth-order valence-electron chi connectivity index (χ4n) is 0. The van der Waals surface area contributed by atoms with Crippen LogP contribution in [0, 0.1) is 5.53 Å². The Labute approximate surface area is 29.5 Å². The molecular formula is H2ClN3. The van der Waals surface area contributed by atoms with Gasteiger partial charge in [-0.15, -0.1) is 17.9 Å². The molecule has 4 heteroatoms. The van der Waals surface area contributed by atoms with Crippen LogP contribution in [0.1, 0.15) is 0 Å². The lowest BCUT2D eigenvalue weighted by Gasteiger charge is -1.03. The largest absolute Gasteiger partial charge is 0.147 e. The minimum Gasteiger partial charge on any atom is -0.147 e. The summed E-state index contributed by atoms with van der Waals surface area (Å²) >= 11 is 0. The molecule has 0 spiro atoms. The first-order valence-electron chi connectivity index (χ1n) is 0.424. The van der Waals surface area contributed by atoms with Gasteiger partial charge in [-0.1, -0.05) is 0 Å². The average molecular weight is 79.5 g/mol. The third kappa shape index (κ3) is 3.60. The van der Waals surface area contributed by atoms with E-state index in [0.29, 0.717) is 0 Å². The van der Waals surface area contributed by atoms with Crippen LogP contribution < -0.4 is 0 Å². The number of halogens is 1. The topological polar surface area (TPSA) is 60.3 Å². The molecule has 0 aromatic heterocycles. The molecule has 0 aromatic rings. The minimum atomic E-state index is 0. The quantitative estimate of drug-likeness (QED) is 0.258. The van der Waals surface area contributed by atoms with Gasteiger partial charge in [0.05, 0.1) is 0 Å². The summed E-state index contributed by atoms with van der Waals surface area (Å²) in [6.07, 6.45) is 0. The van der Waals surface area contributed by atoms with Gasteiger partial charge in [-0.25, -0.2) is 0 Å². The van der Waals surface area contributed by atoms with E-state index in [0.717, 1.165) is 0 Å². The van der Waals surface area contributed by atoms with E-state index in [1.54, 1.807) is 4.91 Å². The zero-order chi connectivity index (χ0) is 2.71. The van der Waals surface area contributed by atoms with Crippen LogP contribution >= 0.6 is 12.4 Å². The second kappa shape index (κ2) is 18.5. The first-order valence-corrected chi connectivity index (χ1v) is 0.424. The smallest absolute Gasteiger partial charge is 0.00208 e. The van der Waals surface area contributed by atoms with E-state index in [1.807, 2.05) is 0 Å². The second-order valence-corrected chi connectivity index (χ2v) is 0.100. The molecule has 3 nitrogen and oxygen atoms in total. The Morgan fingerprint density at radius 2 is 1.75 bits per heavy atom. The minimum absolute atomic E-state index is 0. The summed E-state index contributed by atoms with van der Waals surface area (Å²) in [5.74, 6) is 0. The molecule has 0 aliphatic rings. The predicted molar refractivity (Wildman–Crippen MR) is 16.7 cm³/mol. The van der Waals surface area contributed by atoms with E-state index in [4.69, 9.17) is 11.1 Å². The van der Waals surface area contributed by atoms with E-state index in [-0.39, 0.29) is 12.4 Å². The maximum Gasteiger partial charge on any atom is -0.00208 e. The Kier molecular flexibility index (Phi) is 43.9. The lowest BCUT2D eigenvalue weighted by Crippen LogP contribution is -0.769. The van der Waals surface area contributed by atoms with Gasteiger partial charge in [-0.2, -0.15) is 0 Å². The number of nitrogens with one attached hydrogen (secondary N) is 1. The van der Waals surface area contributed by atoms with Crippen molar-refractivity contribution in [2.75, 3.05) is 0 Å². The summed E-state index contributed by atoms with van der Waals surface area (Å²) in [6.45, 7) is 0. The van der Waals surface area contributed by atoms with Crippen LogP contribution in [0.5, 0.6) is 0 Å². The van der Waals surface area contributed by atoms with Crippen LogP contribution in [0.4, 0.5) is 0 Å². The predicted octanol–water partition coefficient (Wildman–Crippen LogP) is 1.30. The molecule has 0 aliphatic heterocycles. The molecule has 0 amide bonds. The molecule has 4 heavy (non-hydrogen) atoms. The van der Waals surface area contributed by atoms with Crippen LogP contribution in [0.15, 0.2) is 0 Å². The van der Waals surface area contributed by atoms with Crippen molar-refractivity contribution in [2.24, 2.45) is 0 Å². The Balaban J connectivity index is 0. The van der Waals surface area contributed by atoms with E-state index < -0.39 is 0 Å². The molecule has 24 valence electrons. The monoisotopic (exact) mass is 79.0 g/mol. The van der Waals surface area contributed by atoms with Gasteiger partial charge in [0, 0.05) is 0 Å². The molecule has 0 bridgehead atoms. The van der Waals surface area contributed by atoms with Crippen molar-refractivity contribution in [3.05, 3.63) is 10.4 Å². The van der Waals surface area contributed by atoms with E-state index >= 15 is 0 Å². The van der Waals surface area contributed by atoms with E-state index in [1.165, 1.54) is 0 Å². The van der Waals surface area contributed by atoms with Crippen molar-refractivity contribution < 1.29 is 0 Å². The van der Waals surface area contributed by atoms with Crippen molar-refractivity contribution in [2.45, 2.75) is 0 Å². The molecular weight excluding hydrogens is 77.5 g/mol. The highest BCUT2D eigenvalue weighted by molar-refractivity contribution is 5.85. The van der Waals surface area contributed by atoms with E-state index in [2.05, 4.69) is 0 Å². The zero-order valence-corrected chi connectivity index (χ0v) is 2.62. The van der Waals surface area contributed by atoms with Gasteiger partial charge >= 0.3 is 0 Å². The van der Waals surface area contributed by atoms with Crippen molar-refractivity contribution in [3.63, 3.8) is 0 Å². The van der Waals surface area contributed by atoms with Gasteiger partial charge in [0.25, 0.3) is 0 Å². The summed E-state index contributed by atoms with van der Waals surface area (Å²) in [5.41, 5.74) is 12.2. The average Bonchev–Trinajstić information content (AvgIpc) is 0.918. The number of hydrogen-bond acceptors (Lipinski definition) is 1. The highest BCUT2D eigenvalue weighted by Crippen LogP contribution is 1.24. The van der Waals surface area contributed by atoms with Gasteiger partial charge < -0.3 is 0 Å². The Hall–Kier alpha value is -0.400. The van der Waals surface area contributed by atoms with Gasteiger partial charge in [-0.3, -0.25) is 0 Å². The SMILES string of the molecule is Cl.[N-]=[N+]=N. The molecule has 0 saturated heterocycles. The molecule has 0 unspecified atom stereocenters. The van der Waals surface area contributed by atoms with Gasteiger partial charge in [0.15, 0.2) is 0 Å². The van der Waals surface area contributed by atoms with Gasteiger partial charge in [0.2, 0.25) is 0 Å².